The molecule has 174 valence electrons. The van der Waals surface area contributed by atoms with E-state index < -0.39 is 0 Å². The van der Waals surface area contributed by atoms with Crippen molar-refractivity contribution in [1.29, 1.82) is 0 Å². The van der Waals surface area contributed by atoms with Crippen LogP contribution in [0.5, 0.6) is 0 Å². The van der Waals surface area contributed by atoms with E-state index in [1.807, 2.05) is 11.0 Å². The zero-order chi connectivity index (χ0) is 23.2. The second-order valence-corrected chi connectivity index (χ2v) is 9.21. The van der Waals surface area contributed by atoms with Crippen molar-refractivity contribution < 1.29 is 4.79 Å². The first kappa shape index (κ1) is 23.3. The molecule has 0 aliphatic carbocycles. The Morgan fingerprint density at radius 3 is 2.36 bits per heavy atom. The molecule has 1 aliphatic rings. The highest BCUT2D eigenvalue weighted by Crippen LogP contribution is 2.27. The number of benzene rings is 2. The zero-order valence-electron chi connectivity index (χ0n) is 20.2. The number of piperazine rings is 1. The monoisotopic (exact) mass is 444 g/mol. The fourth-order valence-electron chi connectivity index (χ4n) is 4.64. The maximum absolute atomic E-state index is 12.9. The minimum Gasteiger partial charge on any atom is -0.343 e. The van der Waals surface area contributed by atoms with Crippen LogP contribution in [0.15, 0.2) is 60.7 Å². The van der Waals surface area contributed by atoms with Crippen molar-refractivity contribution in [1.82, 2.24) is 19.3 Å². The molecule has 1 saturated heterocycles. The van der Waals surface area contributed by atoms with Crippen LogP contribution < -0.4 is 0 Å². The Morgan fingerprint density at radius 1 is 0.939 bits per heavy atom. The average molecular weight is 445 g/mol. The summed E-state index contributed by atoms with van der Waals surface area (Å²) in [5, 5.41) is 1.21. The molecule has 0 bridgehead atoms. The van der Waals surface area contributed by atoms with Gasteiger partial charge in [0.25, 0.3) is 0 Å². The number of aromatic nitrogens is 1. The Morgan fingerprint density at radius 2 is 1.64 bits per heavy atom. The maximum atomic E-state index is 12.9. The molecule has 33 heavy (non-hydrogen) atoms. The van der Waals surface area contributed by atoms with Crippen LogP contribution in [-0.4, -0.2) is 78.5 Å². The van der Waals surface area contributed by atoms with Crippen LogP contribution in [0.1, 0.15) is 16.8 Å². The second-order valence-electron chi connectivity index (χ2n) is 9.21. The molecule has 0 saturated carbocycles. The highest BCUT2D eigenvalue weighted by Gasteiger charge is 2.20. The van der Waals surface area contributed by atoms with Crippen LogP contribution in [0, 0.1) is 6.92 Å². The molecule has 2 heterocycles. The predicted octanol–water partition coefficient (Wildman–Crippen LogP) is 3.91. The van der Waals surface area contributed by atoms with Gasteiger partial charge >= 0.3 is 0 Å². The summed E-state index contributed by atoms with van der Waals surface area (Å²) in [7, 11) is 4.20. The summed E-state index contributed by atoms with van der Waals surface area (Å²) in [5.41, 5.74) is 4.97. The van der Waals surface area contributed by atoms with Gasteiger partial charge in [-0.15, -0.1) is 0 Å². The molecule has 1 aromatic heterocycles. The Hall–Kier alpha value is -2.89. The first-order valence-corrected chi connectivity index (χ1v) is 12.0. The van der Waals surface area contributed by atoms with E-state index in [1.165, 1.54) is 22.2 Å². The lowest BCUT2D eigenvalue weighted by molar-refractivity contribution is -0.127. The van der Waals surface area contributed by atoms with Gasteiger partial charge in [0.05, 0.1) is 0 Å². The van der Waals surface area contributed by atoms with Crippen LogP contribution in [0.4, 0.5) is 0 Å². The molecule has 1 amide bonds. The fourth-order valence-corrected chi connectivity index (χ4v) is 4.64. The molecule has 4 rings (SSSR count). The van der Waals surface area contributed by atoms with E-state index >= 15 is 0 Å². The molecule has 5 heteroatoms. The van der Waals surface area contributed by atoms with Crippen molar-refractivity contribution >= 4 is 22.9 Å². The second kappa shape index (κ2) is 10.8. The van der Waals surface area contributed by atoms with Crippen LogP contribution in [0.2, 0.25) is 0 Å². The van der Waals surface area contributed by atoms with Gasteiger partial charge in [-0.1, -0.05) is 48.5 Å². The summed E-state index contributed by atoms with van der Waals surface area (Å²) in [6.45, 7) is 8.59. The lowest BCUT2D eigenvalue weighted by atomic mass is 10.1. The van der Waals surface area contributed by atoms with Gasteiger partial charge in [-0.2, -0.15) is 0 Å². The molecule has 0 spiro atoms. The average Bonchev–Trinajstić information content (AvgIpc) is 3.11. The van der Waals surface area contributed by atoms with Crippen molar-refractivity contribution in [2.24, 2.45) is 0 Å². The van der Waals surface area contributed by atoms with E-state index in [4.69, 9.17) is 0 Å². The normalized spacial score (nSPS) is 15.2. The van der Waals surface area contributed by atoms with Crippen molar-refractivity contribution in [3.05, 3.63) is 77.5 Å². The fraction of sp³-hybridized carbons (Fsp3) is 0.393. The molecule has 0 N–H and O–H groups in total. The van der Waals surface area contributed by atoms with E-state index in [0.717, 1.165) is 57.8 Å². The molecule has 1 aliphatic heterocycles. The first-order valence-electron chi connectivity index (χ1n) is 12.0. The number of nitrogens with zero attached hydrogens (tertiary/aromatic N) is 4. The van der Waals surface area contributed by atoms with E-state index in [2.05, 4.69) is 90.0 Å². The standard InChI is InChI=1S/C28H36N4O/c1-23-25(26-11-7-8-12-27(26)32(23)22-17-29(2)3)13-14-28(33)31-20-18-30(19-21-31)16-15-24-9-5-4-6-10-24/h4-14H,15-22H2,1-3H3/b14-13+. The Kier molecular flexibility index (Phi) is 7.63. The Labute approximate surface area is 197 Å². The van der Waals surface area contributed by atoms with Crippen LogP contribution in [-0.2, 0) is 17.8 Å². The van der Waals surface area contributed by atoms with Gasteiger partial charge in [-0.3, -0.25) is 9.69 Å². The van der Waals surface area contributed by atoms with Gasteiger partial charge < -0.3 is 14.4 Å². The maximum Gasteiger partial charge on any atom is 0.246 e. The lowest BCUT2D eigenvalue weighted by Crippen LogP contribution is -2.48. The van der Waals surface area contributed by atoms with Crippen molar-refractivity contribution in [3.8, 4) is 0 Å². The van der Waals surface area contributed by atoms with Crippen molar-refractivity contribution in [3.63, 3.8) is 0 Å². The number of amides is 1. The van der Waals surface area contributed by atoms with E-state index in [1.54, 1.807) is 6.08 Å². The smallest absolute Gasteiger partial charge is 0.246 e. The Bertz CT molecular complexity index is 1090. The number of fused-ring (bicyclic) bond motifs is 1. The third kappa shape index (κ3) is 5.73. The topological polar surface area (TPSA) is 31.7 Å². The molecule has 2 aromatic carbocycles. The molecule has 1 fully saturated rings. The summed E-state index contributed by atoms with van der Waals surface area (Å²) in [6, 6.07) is 19.1. The first-order chi connectivity index (χ1) is 16.0. The molecule has 5 nitrogen and oxygen atoms in total. The number of carbonyl (C=O) groups is 1. The molecule has 0 radical (unpaired) electrons. The zero-order valence-corrected chi connectivity index (χ0v) is 20.2. The SMILES string of the molecule is Cc1c(/C=C/C(=O)N2CCN(CCc3ccccc3)CC2)c2ccccc2n1CCN(C)C. The van der Waals surface area contributed by atoms with Gasteiger partial charge in [0.1, 0.15) is 0 Å². The van der Waals surface area contributed by atoms with E-state index in [9.17, 15) is 4.79 Å². The minimum absolute atomic E-state index is 0.113. The highest BCUT2D eigenvalue weighted by molar-refractivity contribution is 5.97. The minimum atomic E-state index is 0.113. The summed E-state index contributed by atoms with van der Waals surface area (Å²) < 4.78 is 2.37. The van der Waals surface area contributed by atoms with Crippen LogP contribution >= 0.6 is 0 Å². The molecular formula is C28H36N4O. The molecule has 0 unspecified atom stereocenters. The van der Waals surface area contributed by atoms with Gasteiger partial charge in [0.2, 0.25) is 5.91 Å². The highest BCUT2D eigenvalue weighted by atomic mass is 16.2. The van der Waals surface area contributed by atoms with Gasteiger partial charge in [0, 0.05) is 74.0 Å². The summed E-state index contributed by atoms with van der Waals surface area (Å²) in [4.78, 5) is 19.6. The largest absolute Gasteiger partial charge is 0.343 e. The van der Waals surface area contributed by atoms with Crippen LogP contribution in [0.3, 0.4) is 0 Å². The van der Waals surface area contributed by atoms with E-state index in [0.29, 0.717) is 0 Å². The van der Waals surface area contributed by atoms with Gasteiger partial charge in [-0.25, -0.2) is 0 Å². The summed E-state index contributed by atoms with van der Waals surface area (Å²) >= 11 is 0. The number of likely N-dealkylation sites (N-methyl/N-ethyl adjacent to an activating group) is 1. The summed E-state index contributed by atoms with van der Waals surface area (Å²) in [5.74, 6) is 0.113. The van der Waals surface area contributed by atoms with Crippen molar-refractivity contribution in [2.75, 3.05) is 53.4 Å². The molecular weight excluding hydrogens is 408 g/mol. The number of hydrogen-bond donors (Lipinski definition) is 0. The number of rotatable bonds is 8. The quantitative estimate of drug-likeness (QED) is 0.494. The lowest BCUT2D eigenvalue weighted by Gasteiger charge is -2.34. The third-order valence-corrected chi connectivity index (χ3v) is 6.69. The number of carbonyl (C=O) groups excluding carboxylic acids is 1. The van der Waals surface area contributed by atoms with Gasteiger partial charge in [-0.05, 0) is 45.1 Å². The number of para-hydroxylation sites is 1. The summed E-state index contributed by atoms with van der Waals surface area (Å²) in [6.07, 6.45) is 4.85. The van der Waals surface area contributed by atoms with Gasteiger partial charge in [0.15, 0.2) is 0 Å². The third-order valence-electron chi connectivity index (χ3n) is 6.69. The molecule has 0 atom stereocenters. The van der Waals surface area contributed by atoms with Crippen LogP contribution in [0.25, 0.3) is 17.0 Å². The number of hydrogen-bond acceptors (Lipinski definition) is 3. The Balaban J connectivity index is 1.37. The molecule has 3 aromatic rings. The van der Waals surface area contributed by atoms with Crippen molar-refractivity contribution in [2.45, 2.75) is 19.9 Å². The van der Waals surface area contributed by atoms with E-state index in [-0.39, 0.29) is 5.91 Å². The predicted molar refractivity (Wildman–Crippen MR) is 137 cm³/mol.